The fourth-order valence-corrected chi connectivity index (χ4v) is 3.25. The molecule has 0 spiro atoms. The van der Waals surface area contributed by atoms with Crippen molar-refractivity contribution < 1.29 is 24.9 Å². The third-order valence-corrected chi connectivity index (χ3v) is 5.08. The minimum atomic E-state index is -0.647. The van der Waals surface area contributed by atoms with Crippen LogP contribution in [0.2, 0.25) is 0 Å². The van der Waals surface area contributed by atoms with Crippen LogP contribution in [-0.2, 0) is 6.61 Å². The summed E-state index contributed by atoms with van der Waals surface area (Å²) in [5.41, 5.74) is 0.0239. The minimum absolute atomic E-state index is 0.00368. The van der Waals surface area contributed by atoms with E-state index in [1.54, 1.807) is 0 Å². The summed E-state index contributed by atoms with van der Waals surface area (Å²) >= 11 is 6.19. The first-order valence-corrected chi connectivity index (χ1v) is 7.73. The number of phenolic OH excluding ortho intramolecular Hbond substituents is 2. The van der Waals surface area contributed by atoms with Gasteiger partial charge in [0.05, 0.1) is 26.7 Å². The van der Waals surface area contributed by atoms with E-state index >= 15 is 0 Å². The van der Waals surface area contributed by atoms with Gasteiger partial charge in [0.1, 0.15) is 11.5 Å². The maximum Gasteiger partial charge on any atom is 0.202 e. The number of aromatic hydroxyl groups is 2. The Morgan fingerprint density at radius 3 is 2.18 bits per heavy atom. The second kappa shape index (κ2) is 5.19. The highest BCUT2D eigenvalue weighted by Crippen LogP contribution is 2.43. The van der Waals surface area contributed by atoms with E-state index < -0.39 is 23.9 Å². The molecular weight excluding hydrogens is 420 g/mol. The zero-order valence-electron chi connectivity index (χ0n) is 10.9. The SMILES string of the molecule is O=C1c2ccc(Br)c(O)c2C(=O)c2c1cc(CO)c(Br)c2O. The molecule has 1 aliphatic carbocycles. The van der Waals surface area contributed by atoms with E-state index in [0.29, 0.717) is 5.56 Å². The zero-order valence-corrected chi connectivity index (χ0v) is 14.0. The average Bonchev–Trinajstić information content (AvgIpc) is 2.50. The fraction of sp³-hybridized carbons (Fsp3) is 0.0667. The van der Waals surface area contributed by atoms with Crippen molar-refractivity contribution >= 4 is 43.4 Å². The molecule has 0 aliphatic heterocycles. The molecule has 112 valence electrons. The van der Waals surface area contributed by atoms with Crippen LogP contribution in [0.1, 0.15) is 37.4 Å². The molecule has 0 saturated heterocycles. The summed E-state index contributed by atoms with van der Waals surface area (Å²) < 4.78 is 0.425. The topological polar surface area (TPSA) is 94.8 Å². The number of carbonyl (C=O) groups is 2. The number of benzene rings is 2. The lowest BCUT2D eigenvalue weighted by molar-refractivity contribution is 0.0973. The van der Waals surface area contributed by atoms with Gasteiger partial charge in [0.25, 0.3) is 0 Å². The highest BCUT2D eigenvalue weighted by atomic mass is 79.9. The van der Waals surface area contributed by atoms with Crippen LogP contribution in [0.3, 0.4) is 0 Å². The molecule has 0 bridgehead atoms. The standard InChI is InChI=1S/C15H8Br2O5/c16-8-2-1-6-9(13(8)20)14(21)10-7(12(6)19)3-5(4-18)11(17)15(10)22/h1-3,18,20,22H,4H2. The molecule has 0 atom stereocenters. The molecule has 1 aliphatic rings. The molecule has 0 amide bonds. The number of aliphatic hydroxyl groups excluding tert-OH is 1. The van der Waals surface area contributed by atoms with Gasteiger partial charge >= 0.3 is 0 Å². The normalized spacial score (nSPS) is 13.0. The first-order chi connectivity index (χ1) is 10.4. The third-order valence-electron chi connectivity index (χ3n) is 3.56. The van der Waals surface area contributed by atoms with E-state index in [-0.39, 0.29) is 36.9 Å². The molecule has 0 fully saturated rings. The van der Waals surface area contributed by atoms with Crippen molar-refractivity contribution in [1.82, 2.24) is 0 Å². The van der Waals surface area contributed by atoms with E-state index in [2.05, 4.69) is 31.9 Å². The Balaban J connectivity index is 2.39. The number of carbonyl (C=O) groups excluding carboxylic acids is 2. The van der Waals surface area contributed by atoms with Crippen molar-refractivity contribution in [3.63, 3.8) is 0 Å². The van der Waals surface area contributed by atoms with E-state index in [1.165, 1.54) is 18.2 Å². The van der Waals surface area contributed by atoms with Gasteiger partial charge in [-0.15, -0.1) is 0 Å². The van der Waals surface area contributed by atoms with Crippen LogP contribution in [0.25, 0.3) is 0 Å². The second-order valence-corrected chi connectivity index (χ2v) is 6.40. The monoisotopic (exact) mass is 426 g/mol. The highest BCUT2D eigenvalue weighted by molar-refractivity contribution is 9.11. The van der Waals surface area contributed by atoms with Gasteiger partial charge in [-0.2, -0.15) is 0 Å². The summed E-state index contributed by atoms with van der Waals surface area (Å²) in [7, 11) is 0. The lowest BCUT2D eigenvalue weighted by atomic mass is 9.82. The molecular formula is C15H8Br2O5. The minimum Gasteiger partial charge on any atom is -0.506 e. The van der Waals surface area contributed by atoms with Crippen LogP contribution >= 0.6 is 31.9 Å². The first kappa shape index (κ1) is 15.2. The predicted octanol–water partition coefficient (Wildman–Crippen LogP) is 2.89. The van der Waals surface area contributed by atoms with Crippen LogP contribution in [0, 0.1) is 0 Å². The molecule has 7 heteroatoms. The number of fused-ring (bicyclic) bond motifs is 2. The summed E-state index contributed by atoms with van der Waals surface area (Å²) in [5, 5.41) is 29.6. The second-order valence-electron chi connectivity index (χ2n) is 4.76. The summed E-state index contributed by atoms with van der Waals surface area (Å²) in [5.74, 6) is -1.91. The van der Waals surface area contributed by atoms with Gasteiger partial charge in [0.2, 0.25) is 5.78 Å². The summed E-state index contributed by atoms with van der Waals surface area (Å²) in [6.45, 7) is -0.401. The van der Waals surface area contributed by atoms with Crippen molar-refractivity contribution in [2.45, 2.75) is 6.61 Å². The summed E-state index contributed by atoms with van der Waals surface area (Å²) in [6, 6.07) is 4.26. The number of halogens is 2. The molecule has 0 unspecified atom stereocenters. The van der Waals surface area contributed by atoms with E-state index in [1.807, 2.05) is 0 Å². The van der Waals surface area contributed by atoms with Crippen LogP contribution in [0.4, 0.5) is 0 Å². The smallest absolute Gasteiger partial charge is 0.202 e. The highest BCUT2D eigenvalue weighted by Gasteiger charge is 2.36. The lowest BCUT2D eigenvalue weighted by Gasteiger charge is -2.21. The van der Waals surface area contributed by atoms with Crippen LogP contribution in [0.5, 0.6) is 11.5 Å². The van der Waals surface area contributed by atoms with Crippen molar-refractivity contribution in [1.29, 1.82) is 0 Å². The molecule has 2 aromatic rings. The van der Waals surface area contributed by atoms with Gasteiger partial charge in [-0.1, -0.05) is 0 Å². The van der Waals surface area contributed by atoms with Gasteiger partial charge in [-0.05, 0) is 55.6 Å². The maximum absolute atomic E-state index is 12.6. The van der Waals surface area contributed by atoms with Crippen molar-refractivity contribution in [3.8, 4) is 11.5 Å². The van der Waals surface area contributed by atoms with E-state index in [9.17, 15) is 24.9 Å². The number of hydrogen-bond donors (Lipinski definition) is 3. The number of aliphatic hydroxyl groups is 1. The Hall–Kier alpha value is -1.70. The number of hydrogen-bond acceptors (Lipinski definition) is 5. The maximum atomic E-state index is 12.6. The molecule has 22 heavy (non-hydrogen) atoms. The predicted molar refractivity (Wildman–Crippen MR) is 84.4 cm³/mol. The van der Waals surface area contributed by atoms with Crippen molar-refractivity contribution in [2.24, 2.45) is 0 Å². The number of rotatable bonds is 1. The van der Waals surface area contributed by atoms with Gasteiger partial charge in [-0.25, -0.2) is 0 Å². The number of phenols is 2. The van der Waals surface area contributed by atoms with Gasteiger partial charge < -0.3 is 15.3 Å². The molecule has 2 aromatic carbocycles. The summed E-state index contributed by atoms with van der Waals surface area (Å²) in [6.07, 6.45) is 0. The lowest BCUT2D eigenvalue weighted by Crippen LogP contribution is -2.22. The van der Waals surface area contributed by atoms with Gasteiger partial charge in [0, 0.05) is 11.1 Å². The van der Waals surface area contributed by atoms with Crippen molar-refractivity contribution in [3.05, 3.63) is 55.0 Å². The van der Waals surface area contributed by atoms with Crippen LogP contribution in [0.15, 0.2) is 27.1 Å². The first-order valence-electron chi connectivity index (χ1n) is 6.14. The quantitative estimate of drug-likeness (QED) is 0.555. The average molecular weight is 428 g/mol. The van der Waals surface area contributed by atoms with Crippen LogP contribution in [-0.4, -0.2) is 26.9 Å². The van der Waals surface area contributed by atoms with E-state index in [4.69, 9.17) is 0 Å². The van der Waals surface area contributed by atoms with Crippen LogP contribution < -0.4 is 0 Å². The van der Waals surface area contributed by atoms with Gasteiger partial charge in [0.15, 0.2) is 5.78 Å². The molecule has 3 rings (SSSR count). The Morgan fingerprint density at radius 1 is 0.909 bits per heavy atom. The molecule has 0 radical (unpaired) electrons. The molecule has 5 nitrogen and oxygen atoms in total. The number of ketones is 2. The Morgan fingerprint density at radius 2 is 1.55 bits per heavy atom. The molecule has 0 saturated carbocycles. The fourth-order valence-electron chi connectivity index (χ4n) is 2.48. The van der Waals surface area contributed by atoms with Crippen molar-refractivity contribution in [2.75, 3.05) is 0 Å². The zero-order chi connectivity index (χ0) is 16.2. The largest absolute Gasteiger partial charge is 0.506 e. The molecule has 0 aromatic heterocycles. The molecule has 0 heterocycles. The van der Waals surface area contributed by atoms with Gasteiger partial charge in [-0.3, -0.25) is 9.59 Å². The molecule has 3 N–H and O–H groups in total. The third kappa shape index (κ3) is 1.93. The Bertz CT molecular complexity index is 858. The summed E-state index contributed by atoms with van der Waals surface area (Å²) in [4.78, 5) is 25.2. The Kier molecular flexibility index (Phi) is 3.58. The Labute approximate surface area is 141 Å². The van der Waals surface area contributed by atoms with E-state index in [0.717, 1.165) is 0 Å².